The number of carbonyl (C=O) groups excluding carboxylic acids is 1. The molecular weight excluding hydrogens is 394 g/mol. The van der Waals surface area contributed by atoms with Crippen molar-refractivity contribution >= 4 is 34.4 Å². The maximum atomic E-state index is 12.5. The Morgan fingerprint density at radius 3 is 2.90 bits per heavy atom. The summed E-state index contributed by atoms with van der Waals surface area (Å²) in [5.41, 5.74) is 3.66. The van der Waals surface area contributed by atoms with E-state index in [0.29, 0.717) is 5.75 Å². The molecule has 30 heavy (non-hydrogen) atoms. The van der Waals surface area contributed by atoms with Gasteiger partial charge in [-0.1, -0.05) is 18.2 Å². The van der Waals surface area contributed by atoms with Crippen molar-refractivity contribution in [1.82, 2.24) is 20.5 Å². The molecule has 7 heteroatoms. The molecule has 0 atom stereocenters. The Bertz CT molecular complexity index is 1040. The zero-order valence-electron chi connectivity index (χ0n) is 17.1. The van der Waals surface area contributed by atoms with Crippen LogP contribution in [0.1, 0.15) is 36.9 Å². The van der Waals surface area contributed by atoms with E-state index in [1.54, 1.807) is 11.8 Å². The number of nitrogens with one attached hydrogen (secondary N) is 2. The summed E-state index contributed by atoms with van der Waals surface area (Å²) in [7, 11) is 0. The highest BCUT2D eigenvalue weighted by atomic mass is 32.2. The molecule has 0 spiro atoms. The molecule has 5 rings (SSSR count). The molecule has 0 bridgehead atoms. The third kappa shape index (κ3) is 4.17. The maximum Gasteiger partial charge on any atom is 0.230 e. The molecule has 3 heterocycles. The van der Waals surface area contributed by atoms with E-state index in [4.69, 9.17) is 0 Å². The summed E-state index contributed by atoms with van der Waals surface area (Å²) in [5.74, 6) is 1.55. The predicted molar refractivity (Wildman–Crippen MR) is 121 cm³/mol. The zero-order chi connectivity index (χ0) is 20.3. The predicted octanol–water partition coefficient (Wildman–Crippen LogP) is 3.71. The number of H-pyrrole nitrogens is 1. The van der Waals surface area contributed by atoms with E-state index in [0.717, 1.165) is 55.0 Å². The molecule has 1 aliphatic heterocycles. The topological polar surface area (TPSA) is 73.9 Å². The van der Waals surface area contributed by atoms with Crippen molar-refractivity contribution in [3.63, 3.8) is 0 Å². The first kappa shape index (κ1) is 19.4. The third-order valence-corrected chi connectivity index (χ3v) is 7.21. The monoisotopic (exact) mass is 421 g/mol. The standard InChI is InChI=1S/C23H27N5OS/c29-23(15-30-21-14-24-20-8-4-2-6-18(20)21)25-17-9-11-28(12-10-17)22-13-16-5-1-3-7-19(16)26-27-22/h2,4,6,8,13-14,17,24H,1,3,5,7,9-12,15H2,(H,25,29). The van der Waals surface area contributed by atoms with Crippen molar-refractivity contribution < 1.29 is 4.79 Å². The van der Waals surface area contributed by atoms with Gasteiger partial charge < -0.3 is 15.2 Å². The van der Waals surface area contributed by atoms with Gasteiger partial charge in [-0.2, -0.15) is 5.10 Å². The highest BCUT2D eigenvalue weighted by Crippen LogP contribution is 2.28. The van der Waals surface area contributed by atoms with Gasteiger partial charge >= 0.3 is 0 Å². The van der Waals surface area contributed by atoms with Crippen LogP contribution >= 0.6 is 11.8 Å². The van der Waals surface area contributed by atoms with Crippen molar-refractivity contribution in [2.75, 3.05) is 23.7 Å². The number of rotatable bonds is 5. The number of amides is 1. The van der Waals surface area contributed by atoms with Gasteiger partial charge in [0.05, 0.1) is 11.4 Å². The minimum absolute atomic E-state index is 0.109. The number of fused-ring (bicyclic) bond motifs is 2. The maximum absolute atomic E-state index is 12.5. The summed E-state index contributed by atoms with van der Waals surface area (Å²) in [6.45, 7) is 1.82. The number of anilines is 1. The molecule has 2 N–H and O–H groups in total. The quantitative estimate of drug-likeness (QED) is 0.615. The number of aromatic amines is 1. The molecule has 6 nitrogen and oxygen atoms in total. The molecule has 1 aromatic carbocycles. The van der Waals surface area contributed by atoms with E-state index in [9.17, 15) is 4.79 Å². The zero-order valence-corrected chi connectivity index (χ0v) is 17.9. The van der Waals surface area contributed by atoms with Gasteiger partial charge in [0, 0.05) is 41.1 Å². The minimum atomic E-state index is 0.109. The van der Waals surface area contributed by atoms with E-state index in [1.807, 2.05) is 18.3 Å². The molecule has 2 aromatic heterocycles. The van der Waals surface area contributed by atoms with Crippen LogP contribution in [-0.4, -0.2) is 46.0 Å². The van der Waals surface area contributed by atoms with Gasteiger partial charge in [0.2, 0.25) is 5.91 Å². The van der Waals surface area contributed by atoms with Crippen LogP contribution < -0.4 is 10.2 Å². The molecule has 156 valence electrons. The van der Waals surface area contributed by atoms with Crippen LogP contribution in [0.5, 0.6) is 0 Å². The number of aryl methyl sites for hydroxylation is 2. The van der Waals surface area contributed by atoms with Gasteiger partial charge in [-0.3, -0.25) is 4.79 Å². The summed E-state index contributed by atoms with van der Waals surface area (Å²) >= 11 is 1.59. The molecule has 0 radical (unpaired) electrons. The summed E-state index contributed by atoms with van der Waals surface area (Å²) in [6, 6.07) is 10.7. The highest BCUT2D eigenvalue weighted by Gasteiger charge is 2.23. The van der Waals surface area contributed by atoms with Gasteiger partial charge in [0.15, 0.2) is 5.82 Å². The van der Waals surface area contributed by atoms with E-state index in [-0.39, 0.29) is 11.9 Å². The number of nitrogens with zero attached hydrogens (tertiary/aromatic N) is 3. The fraction of sp³-hybridized carbons (Fsp3) is 0.435. The number of thioether (sulfide) groups is 1. The third-order valence-electron chi connectivity index (χ3n) is 6.15. The Kier molecular flexibility index (Phi) is 5.62. The Morgan fingerprint density at radius 1 is 1.17 bits per heavy atom. The fourth-order valence-electron chi connectivity index (χ4n) is 4.46. The largest absolute Gasteiger partial charge is 0.360 e. The van der Waals surface area contributed by atoms with Crippen molar-refractivity contribution in [2.24, 2.45) is 0 Å². The highest BCUT2D eigenvalue weighted by molar-refractivity contribution is 8.00. The summed E-state index contributed by atoms with van der Waals surface area (Å²) in [5, 5.41) is 13.3. The molecule has 3 aromatic rings. The average molecular weight is 422 g/mol. The summed E-state index contributed by atoms with van der Waals surface area (Å²) < 4.78 is 0. The Morgan fingerprint density at radius 2 is 2.00 bits per heavy atom. The first-order chi connectivity index (χ1) is 14.8. The molecule has 1 aliphatic carbocycles. The summed E-state index contributed by atoms with van der Waals surface area (Å²) in [4.78, 5) is 19.2. The SMILES string of the molecule is O=C(CSc1c[nH]c2ccccc12)NC1CCN(c2cc3c(nn2)CCCC3)CC1. The van der Waals surface area contributed by atoms with E-state index < -0.39 is 0 Å². The lowest BCUT2D eigenvalue weighted by atomic mass is 9.96. The second-order valence-corrected chi connectivity index (χ2v) is 9.21. The number of hydrogen-bond donors (Lipinski definition) is 2. The van der Waals surface area contributed by atoms with Gasteiger partial charge in [0.25, 0.3) is 0 Å². The molecule has 0 saturated carbocycles. The van der Waals surface area contributed by atoms with Crippen LogP contribution in [0.15, 0.2) is 41.4 Å². The molecule has 1 fully saturated rings. The van der Waals surface area contributed by atoms with E-state index >= 15 is 0 Å². The van der Waals surface area contributed by atoms with Crippen LogP contribution in [-0.2, 0) is 17.6 Å². The number of benzene rings is 1. The Hall–Kier alpha value is -2.54. The lowest BCUT2D eigenvalue weighted by molar-refractivity contribution is -0.119. The van der Waals surface area contributed by atoms with E-state index in [2.05, 4.69) is 43.6 Å². The lowest BCUT2D eigenvalue weighted by Gasteiger charge is -2.33. The van der Waals surface area contributed by atoms with Crippen LogP contribution in [0.2, 0.25) is 0 Å². The number of piperidine rings is 1. The Balaban J connectivity index is 1.11. The van der Waals surface area contributed by atoms with Gasteiger partial charge in [-0.15, -0.1) is 16.9 Å². The average Bonchev–Trinajstić information content (AvgIpc) is 3.21. The van der Waals surface area contributed by atoms with Crippen molar-refractivity contribution in [3.8, 4) is 0 Å². The summed E-state index contributed by atoms with van der Waals surface area (Å²) in [6.07, 6.45) is 8.55. The second-order valence-electron chi connectivity index (χ2n) is 8.20. The smallest absolute Gasteiger partial charge is 0.230 e. The van der Waals surface area contributed by atoms with Crippen LogP contribution in [0.4, 0.5) is 5.82 Å². The number of carbonyl (C=O) groups is 1. The number of hydrogen-bond acceptors (Lipinski definition) is 5. The normalized spacial score (nSPS) is 17.1. The molecule has 2 aliphatic rings. The first-order valence-corrected chi connectivity index (χ1v) is 11.8. The minimum Gasteiger partial charge on any atom is -0.360 e. The number of aromatic nitrogens is 3. The van der Waals surface area contributed by atoms with Crippen molar-refractivity contribution in [1.29, 1.82) is 0 Å². The Labute approximate surface area is 180 Å². The lowest BCUT2D eigenvalue weighted by Crippen LogP contribution is -2.45. The van der Waals surface area contributed by atoms with Crippen LogP contribution in [0.25, 0.3) is 10.9 Å². The second kappa shape index (κ2) is 8.68. The van der Waals surface area contributed by atoms with Gasteiger partial charge in [-0.25, -0.2) is 0 Å². The fourth-order valence-corrected chi connectivity index (χ4v) is 5.31. The van der Waals surface area contributed by atoms with Crippen LogP contribution in [0, 0.1) is 0 Å². The molecule has 1 saturated heterocycles. The molecular formula is C23H27N5OS. The molecule has 0 unspecified atom stereocenters. The van der Waals surface area contributed by atoms with E-state index in [1.165, 1.54) is 29.5 Å². The number of para-hydroxylation sites is 1. The van der Waals surface area contributed by atoms with Crippen molar-refractivity contribution in [3.05, 3.63) is 47.8 Å². The first-order valence-electron chi connectivity index (χ1n) is 10.8. The van der Waals surface area contributed by atoms with Crippen LogP contribution in [0.3, 0.4) is 0 Å². The molecule has 1 amide bonds. The van der Waals surface area contributed by atoms with Gasteiger partial charge in [0.1, 0.15) is 0 Å². The van der Waals surface area contributed by atoms with Gasteiger partial charge in [-0.05, 0) is 56.2 Å². The van der Waals surface area contributed by atoms with Crippen molar-refractivity contribution in [2.45, 2.75) is 49.5 Å².